The first-order chi connectivity index (χ1) is 28.0. The number of hydrogen-bond donors (Lipinski definition) is 0. The number of carbonyl (C=O) groups is 3. The number of unbranched alkanes of at least 4 members (excludes halogenated alkanes) is 24. The molecule has 0 aromatic heterocycles. The zero-order valence-corrected chi connectivity index (χ0v) is 37.6. The van der Waals surface area contributed by atoms with Crippen LogP contribution in [0.2, 0.25) is 0 Å². The van der Waals surface area contributed by atoms with Gasteiger partial charge in [-0.1, -0.05) is 211 Å². The maximum absolute atomic E-state index is 12.7. The molecule has 0 saturated carbocycles. The van der Waals surface area contributed by atoms with Crippen molar-refractivity contribution in [3.63, 3.8) is 0 Å². The van der Waals surface area contributed by atoms with Gasteiger partial charge >= 0.3 is 17.9 Å². The summed E-state index contributed by atoms with van der Waals surface area (Å²) in [5.41, 5.74) is 0. The lowest BCUT2D eigenvalue weighted by atomic mass is 10.0. The normalized spacial score (nSPS) is 12.4. The molecule has 0 rings (SSSR count). The second kappa shape index (κ2) is 46.1. The summed E-state index contributed by atoms with van der Waals surface area (Å²) in [6.45, 7) is 6.47. The second-order valence-electron chi connectivity index (χ2n) is 16.0. The summed E-state index contributed by atoms with van der Waals surface area (Å²) in [4.78, 5) is 37.8. The van der Waals surface area contributed by atoms with Crippen molar-refractivity contribution in [1.29, 1.82) is 0 Å². The number of ether oxygens (including phenoxy) is 3. The topological polar surface area (TPSA) is 78.9 Å². The first-order valence-electron chi connectivity index (χ1n) is 24.1. The van der Waals surface area contributed by atoms with Gasteiger partial charge in [0.25, 0.3) is 0 Å². The number of allylic oxidation sites excluding steroid dienone is 8. The van der Waals surface area contributed by atoms with E-state index in [1.165, 1.54) is 116 Å². The molecule has 57 heavy (non-hydrogen) atoms. The monoisotopic (exact) mass is 799 g/mol. The van der Waals surface area contributed by atoms with E-state index in [4.69, 9.17) is 14.2 Å². The molecular weight excluding hydrogens is 709 g/mol. The molecule has 0 bridgehead atoms. The van der Waals surface area contributed by atoms with Gasteiger partial charge in [0.2, 0.25) is 0 Å². The fraction of sp³-hybridized carbons (Fsp3) is 0.784. The summed E-state index contributed by atoms with van der Waals surface area (Å²) < 4.78 is 16.7. The molecule has 6 heteroatoms. The maximum atomic E-state index is 12.7. The van der Waals surface area contributed by atoms with Crippen LogP contribution in [0.3, 0.4) is 0 Å². The average Bonchev–Trinajstić information content (AvgIpc) is 3.21. The molecule has 0 fully saturated rings. The summed E-state index contributed by atoms with van der Waals surface area (Å²) >= 11 is 0. The van der Waals surface area contributed by atoms with Crippen LogP contribution >= 0.6 is 0 Å². The van der Waals surface area contributed by atoms with Crippen LogP contribution in [0.25, 0.3) is 0 Å². The highest BCUT2D eigenvalue weighted by atomic mass is 16.6. The fourth-order valence-corrected chi connectivity index (χ4v) is 6.73. The Labute approximate surface area is 352 Å². The smallest absolute Gasteiger partial charge is 0.306 e. The van der Waals surface area contributed by atoms with Gasteiger partial charge in [-0.05, 0) is 57.8 Å². The van der Waals surface area contributed by atoms with Crippen LogP contribution in [-0.4, -0.2) is 37.2 Å². The molecule has 1 atom stereocenters. The lowest BCUT2D eigenvalue weighted by Crippen LogP contribution is -2.30. The molecule has 0 saturated heterocycles. The third-order valence-corrected chi connectivity index (χ3v) is 10.3. The largest absolute Gasteiger partial charge is 0.462 e. The van der Waals surface area contributed by atoms with Gasteiger partial charge in [-0.3, -0.25) is 14.4 Å². The Morgan fingerprint density at radius 3 is 1.07 bits per heavy atom. The Morgan fingerprint density at radius 1 is 0.368 bits per heavy atom. The minimum absolute atomic E-state index is 0.0834. The van der Waals surface area contributed by atoms with E-state index >= 15 is 0 Å². The summed E-state index contributed by atoms with van der Waals surface area (Å²) in [6.07, 6.45) is 53.8. The Hall–Kier alpha value is -2.63. The number of esters is 3. The molecule has 0 aromatic carbocycles. The van der Waals surface area contributed by atoms with Crippen LogP contribution in [0.1, 0.15) is 239 Å². The second-order valence-corrected chi connectivity index (χ2v) is 16.0. The van der Waals surface area contributed by atoms with Gasteiger partial charge < -0.3 is 14.2 Å². The molecule has 0 radical (unpaired) electrons. The minimum Gasteiger partial charge on any atom is -0.462 e. The predicted molar refractivity (Wildman–Crippen MR) is 242 cm³/mol. The molecule has 0 aromatic rings. The average molecular weight is 799 g/mol. The van der Waals surface area contributed by atoms with Crippen molar-refractivity contribution >= 4 is 17.9 Å². The minimum atomic E-state index is -0.783. The first kappa shape index (κ1) is 54.4. The van der Waals surface area contributed by atoms with Gasteiger partial charge in [0, 0.05) is 19.3 Å². The van der Waals surface area contributed by atoms with E-state index in [9.17, 15) is 14.4 Å². The van der Waals surface area contributed by atoms with E-state index in [0.717, 1.165) is 83.5 Å². The zero-order valence-electron chi connectivity index (χ0n) is 37.6. The van der Waals surface area contributed by atoms with Gasteiger partial charge in [0.05, 0.1) is 0 Å². The van der Waals surface area contributed by atoms with Crippen LogP contribution < -0.4 is 0 Å². The Morgan fingerprint density at radius 2 is 0.684 bits per heavy atom. The highest BCUT2D eigenvalue weighted by Crippen LogP contribution is 2.15. The van der Waals surface area contributed by atoms with Crippen molar-refractivity contribution in [2.45, 2.75) is 245 Å². The standard InChI is InChI=1S/C51H90O6/c1-4-7-10-13-16-19-21-23-25-27-29-32-35-38-41-44-50(53)56-47-48(46-55-49(52)43-40-37-34-31-18-15-12-9-6-3)57-51(54)45-42-39-36-33-30-28-26-24-22-20-17-14-11-8-5-2/h7,10,16,19,23,25,29,32,48H,4-6,8-9,11-15,17-18,20-22,24,26-28,30-31,33-47H2,1-3H3/b10-7-,19-16-,25-23-,32-29-/t48-/m1/s1. The molecule has 0 unspecified atom stereocenters. The molecule has 0 heterocycles. The van der Waals surface area contributed by atoms with E-state index in [1.807, 2.05) is 0 Å². The lowest BCUT2D eigenvalue weighted by Gasteiger charge is -2.18. The van der Waals surface area contributed by atoms with Gasteiger partial charge in [-0.15, -0.1) is 0 Å². The van der Waals surface area contributed by atoms with E-state index in [1.54, 1.807) is 0 Å². The zero-order chi connectivity index (χ0) is 41.5. The van der Waals surface area contributed by atoms with Crippen LogP contribution in [-0.2, 0) is 28.6 Å². The third-order valence-electron chi connectivity index (χ3n) is 10.3. The van der Waals surface area contributed by atoms with Gasteiger partial charge in [0.1, 0.15) is 13.2 Å². The van der Waals surface area contributed by atoms with Crippen molar-refractivity contribution in [2.75, 3.05) is 13.2 Å². The SMILES string of the molecule is CC/C=C\C/C=C\C/C=C\C/C=C\CCCCC(=O)OC[C@@H](COC(=O)CCCCCCCCCCC)OC(=O)CCCCCCCCCCCCCCCCC. The molecule has 0 amide bonds. The predicted octanol–water partition coefficient (Wildman–Crippen LogP) is 15.5. The molecule has 0 aliphatic heterocycles. The van der Waals surface area contributed by atoms with Crippen LogP contribution in [0.15, 0.2) is 48.6 Å². The van der Waals surface area contributed by atoms with Crippen molar-refractivity contribution < 1.29 is 28.6 Å². The van der Waals surface area contributed by atoms with Gasteiger partial charge in [-0.2, -0.15) is 0 Å². The number of carbonyl (C=O) groups excluding carboxylic acids is 3. The van der Waals surface area contributed by atoms with E-state index in [-0.39, 0.29) is 31.1 Å². The summed E-state index contributed by atoms with van der Waals surface area (Å²) in [6, 6.07) is 0. The number of rotatable bonds is 43. The van der Waals surface area contributed by atoms with Crippen molar-refractivity contribution in [3.8, 4) is 0 Å². The molecular formula is C51H90O6. The summed E-state index contributed by atoms with van der Waals surface area (Å²) in [5, 5.41) is 0. The quantitative estimate of drug-likeness (QED) is 0.0265. The van der Waals surface area contributed by atoms with Crippen molar-refractivity contribution in [2.24, 2.45) is 0 Å². The molecule has 0 aliphatic rings. The molecule has 0 spiro atoms. The lowest BCUT2D eigenvalue weighted by molar-refractivity contribution is -0.167. The van der Waals surface area contributed by atoms with Crippen LogP contribution in [0.5, 0.6) is 0 Å². The third kappa shape index (κ3) is 44.3. The highest BCUT2D eigenvalue weighted by Gasteiger charge is 2.19. The van der Waals surface area contributed by atoms with E-state index in [0.29, 0.717) is 19.3 Å². The van der Waals surface area contributed by atoms with E-state index < -0.39 is 6.10 Å². The summed E-state index contributed by atoms with van der Waals surface area (Å²) in [7, 11) is 0. The molecule has 6 nitrogen and oxygen atoms in total. The first-order valence-corrected chi connectivity index (χ1v) is 24.1. The van der Waals surface area contributed by atoms with E-state index in [2.05, 4.69) is 69.4 Å². The molecule has 330 valence electrons. The van der Waals surface area contributed by atoms with Crippen LogP contribution in [0.4, 0.5) is 0 Å². The van der Waals surface area contributed by atoms with Crippen molar-refractivity contribution in [3.05, 3.63) is 48.6 Å². The Balaban J connectivity index is 4.39. The molecule has 0 aliphatic carbocycles. The number of hydrogen-bond acceptors (Lipinski definition) is 6. The Kier molecular flexibility index (Phi) is 43.9. The van der Waals surface area contributed by atoms with Crippen molar-refractivity contribution in [1.82, 2.24) is 0 Å². The van der Waals surface area contributed by atoms with Crippen LogP contribution in [0, 0.1) is 0 Å². The fourth-order valence-electron chi connectivity index (χ4n) is 6.73. The molecule has 0 N–H and O–H groups in total. The highest BCUT2D eigenvalue weighted by molar-refractivity contribution is 5.71. The summed E-state index contributed by atoms with van der Waals surface area (Å²) in [5.74, 6) is -0.924. The maximum Gasteiger partial charge on any atom is 0.306 e. The Bertz CT molecular complexity index is 1010. The van der Waals surface area contributed by atoms with Gasteiger partial charge in [0.15, 0.2) is 6.10 Å². The van der Waals surface area contributed by atoms with Gasteiger partial charge in [-0.25, -0.2) is 0 Å².